The second-order valence-corrected chi connectivity index (χ2v) is 6.80. The third-order valence-corrected chi connectivity index (χ3v) is 4.76. The van der Waals surface area contributed by atoms with Crippen molar-refractivity contribution in [3.8, 4) is 11.4 Å². The van der Waals surface area contributed by atoms with Gasteiger partial charge in [-0.2, -0.15) is 5.10 Å². The van der Waals surface area contributed by atoms with Crippen LogP contribution in [0.1, 0.15) is 27.4 Å². The monoisotopic (exact) mass is 387 g/mol. The largest absolute Gasteiger partial charge is 0.497 e. The van der Waals surface area contributed by atoms with E-state index in [-0.39, 0.29) is 5.91 Å². The van der Waals surface area contributed by atoms with Crippen LogP contribution in [0.2, 0.25) is 0 Å². The molecule has 0 aliphatic carbocycles. The fourth-order valence-corrected chi connectivity index (χ4v) is 3.30. The third-order valence-electron chi connectivity index (χ3n) is 4.76. The van der Waals surface area contributed by atoms with Gasteiger partial charge in [0.1, 0.15) is 5.75 Å². The lowest BCUT2D eigenvalue weighted by molar-refractivity contribution is 0.102. The number of nitrogens with one attached hydrogen (secondary N) is 1. The highest BCUT2D eigenvalue weighted by molar-refractivity contribution is 6.13. The molecule has 0 spiro atoms. The van der Waals surface area contributed by atoms with E-state index in [2.05, 4.69) is 20.4 Å². The van der Waals surface area contributed by atoms with Crippen molar-refractivity contribution in [2.75, 3.05) is 12.4 Å². The Hall–Kier alpha value is -3.74. The Balaban J connectivity index is 1.82. The van der Waals surface area contributed by atoms with Gasteiger partial charge in [-0.3, -0.25) is 9.78 Å². The van der Waals surface area contributed by atoms with Crippen molar-refractivity contribution in [3.05, 3.63) is 71.3 Å². The topological polar surface area (TPSA) is 81.9 Å². The zero-order chi connectivity index (χ0) is 20.5. The fraction of sp³-hybridized carbons (Fsp3) is 0.182. The molecule has 146 valence electrons. The predicted octanol–water partition coefficient (Wildman–Crippen LogP) is 4.00. The van der Waals surface area contributed by atoms with Gasteiger partial charge in [0.25, 0.3) is 5.91 Å². The van der Waals surface area contributed by atoms with E-state index in [0.717, 1.165) is 33.9 Å². The van der Waals surface area contributed by atoms with E-state index in [1.54, 1.807) is 30.1 Å². The molecule has 1 aromatic carbocycles. The number of aromatic nitrogens is 4. The summed E-state index contributed by atoms with van der Waals surface area (Å²) < 4.78 is 6.98. The Kier molecular flexibility index (Phi) is 4.72. The number of carbonyl (C=O) groups excluding carboxylic acids is 1. The van der Waals surface area contributed by atoms with Crippen molar-refractivity contribution >= 4 is 22.6 Å². The Bertz CT molecular complexity index is 1210. The lowest BCUT2D eigenvalue weighted by atomic mass is 10.1. The van der Waals surface area contributed by atoms with E-state index in [0.29, 0.717) is 16.9 Å². The minimum absolute atomic E-state index is 0.214. The van der Waals surface area contributed by atoms with Crippen LogP contribution in [-0.4, -0.2) is 32.8 Å². The molecular weight excluding hydrogens is 366 g/mol. The lowest BCUT2D eigenvalue weighted by Gasteiger charge is -2.10. The molecule has 0 bridgehead atoms. The minimum atomic E-state index is -0.214. The van der Waals surface area contributed by atoms with Gasteiger partial charge in [0, 0.05) is 11.9 Å². The van der Waals surface area contributed by atoms with Crippen LogP contribution in [0.3, 0.4) is 0 Å². The molecule has 4 aromatic rings. The highest BCUT2D eigenvalue weighted by Gasteiger charge is 2.20. The number of methoxy groups -OCH3 is 1. The summed E-state index contributed by atoms with van der Waals surface area (Å²) in [7, 11) is 1.63. The van der Waals surface area contributed by atoms with Gasteiger partial charge in [-0.05, 0) is 63.2 Å². The zero-order valence-electron chi connectivity index (χ0n) is 16.7. The molecule has 7 heteroatoms. The number of fused-ring (bicyclic) bond motifs is 1. The van der Waals surface area contributed by atoms with Crippen LogP contribution in [0, 0.1) is 20.8 Å². The minimum Gasteiger partial charge on any atom is -0.497 e. The quantitative estimate of drug-likeness (QED) is 0.572. The molecule has 1 N–H and O–H groups in total. The summed E-state index contributed by atoms with van der Waals surface area (Å²) in [5, 5.41) is 8.33. The number of pyridine rings is 2. The summed E-state index contributed by atoms with van der Waals surface area (Å²) in [4.78, 5) is 22.0. The number of hydrogen-bond donors (Lipinski definition) is 1. The Labute approximate surface area is 168 Å². The van der Waals surface area contributed by atoms with Crippen LogP contribution in [0.15, 0.2) is 48.7 Å². The molecule has 0 saturated carbocycles. The second-order valence-electron chi connectivity index (χ2n) is 6.80. The van der Waals surface area contributed by atoms with Crippen molar-refractivity contribution in [1.82, 2.24) is 19.7 Å². The van der Waals surface area contributed by atoms with Gasteiger partial charge < -0.3 is 10.1 Å². The van der Waals surface area contributed by atoms with Gasteiger partial charge in [0.15, 0.2) is 5.65 Å². The van der Waals surface area contributed by atoms with Crippen molar-refractivity contribution < 1.29 is 9.53 Å². The first-order chi connectivity index (χ1) is 14.0. The fourth-order valence-electron chi connectivity index (χ4n) is 3.30. The zero-order valence-corrected chi connectivity index (χ0v) is 16.7. The van der Waals surface area contributed by atoms with Crippen LogP contribution in [0.25, 0.3) is 16.7 Å². The summed E-state index contributed by atoms with van der Waals surface area (Å²) in [5.74, 6) is 0.548. The number of aryl methyl sites for hydroxylation is 3. The van der Waals surface area contributed by atoms with Gasteiger partial charge in [-0.25, -0.2) is 9.67 Å². The number of carbonyl (C=O) groups is 1. The van der Waals surface area contributed by atoms with E-state index in [9.17, 15) is 4.79 Å². The van der Waals surface area contributed by atoms with Crippen molar-refractivity contribution in [2.24, 2.45) is 0 Å². The van der Waals surface area contributed by atoms with Gasteiger partial charge >= 0.3 is 0 Å². The molecule has 0 saturated heterocycles. The maximum atomic E-state index is 13.1. The molecule has 0 aliphatic rings. The Morgan fingerprint density at radius 3 is 2.52 bits per heavy atom. The number of amides is 1. The number of anilines is 1. The number of benzene rings is 1. The Morgan fingerprint density at radius 2 is 1.83 bits per heavy atom. The SMILES string of the molecule is COc1ccc(-n2nc(C)c3c(C(=O)Nc4cccnc4C)cc(C)nc32)cc1. The maximum Gasteiger partial charge on any atom is 0.256 e. The Morgan fingerprint density at radius 1 is 1.07 bits per heavy atom. The van der Waals surface area contributed by atoms with Crippen LogP contribution in [-0.2, 0) is 0 Å². The first kappa shape index (κ1) is 18.6. The van der Waals surface area contributed by atoms with Crippen LogP contribution >= 0.6 is 0 Å². The molecule has 3 aromatic heterocycles. The average Bonchev–Trinajstić information content (AvgIpc) is 3.05. The van der Waals surface area contributed by atoms with E-state index in [1.807, 2.05) is 51.1 Å². The number of ether oxygens (including phenoxy) is 1. The van der Waals surface area contributed by atoms with Crippen LogP contribution in [0.4, 0.5) is 5.69 Å². The first-order valence-electron chi connectivity index (χ1n) is 9.22. The first-order valence-corrected chi connectivity index (χ1v) is 9.22. The lowest BCUT2D eigenvalue weighted by Crippen LogP contribution is -2.14. The summed E-state index contributed by atoms with van der Waals surface area (Å²) in [6, 6.07) is 13.0. The van der Waals surface area contributed by atoms with Gasteiger partial charge in [-0.1, -0.05) is 0 Å². The molecule has 3 heterocycles. The molecule has 4 rings (SSSR count). The summed E-state index contributed by atoms with van der Waals surface area (Å²) >= 11 is 0. The van der Waals surface area contributed by atoms with Gasteiger partial charge in [-0.15, -0.1) is 0 Å². The van der Waals surface area contributed by atoms with E-state index >= 15 is 0 Å². The van der Waals surface area contributed by atoms with Gasteiger partial charge in [0.2, 0.25) is 0 Å². The molecular formula is C22H21N5O2. The normalized spacial score (nSPS) is 10.9. The highest BCUT2D eigenvalue weighted by atomic mass is 16.5. The van der Waals surface area contributed by atoms with Crippen LogP contribution < -0.4 is 10.1 Å². The summed E-state index contributed by atoms with van der Waals surface area (Å²) in [6.45, 7) is 5.60. The van der Waals surface area contributed by atoms with Crippen molar-refractivity contribution in [3.63, 3.8) is 0 Å². The van der Waals surface area contributed by atoms with Gasteiger partial charge in [0.05, 0.1) is 40.8 Å². The van der Waals surface area contributed by atoms with Crippen molar-refractivity contribution in [2.45, 2.75) is 20.8 Å². The van der Waals surface area contributed by atoms with E-state index in [4.69, 9.17) is 4.74 Å². The smallest absolute Gasteiger partial charge is 0.256 e. The molecule has 0 radical (unpaired) electrons. The van der Waals surface area contributed by atoms with E-state index < -0.39 is 0 Å². The van der Waals surface area contributed by atoms with Crippen molar-refractivity contribution in [1.29, 1.82) is 0 Å². The molecule has 0 unspecified atom stereocenters. The molecule has 0 aliphatic heterocycles. The third kappa shape index (κ3) is 3.42. The highest BCUT2D eigenvalue weighted by Crippen LogP contribution is 2.26. The van der Waals surface area contributed by atoms with E-state index in [1.165, 1.54) is 0 Å². The summed E-state index contributed by atoms with van der Waals surface area (Å²) in [5.41, 5.74) is 4.93. The molecule has 1 amide bonds. The molecule has 7 nitrogen and oxygen atoms in total. The number of nitrogens with zero attached hydrogens (tertiary/aromatic N) is 4. The molecule has 0 fully saturated rings. The summed E-state index contributed by atoms with van der Waals surface area (Å²) in [6.07, 6.45) is 1.70. The average molecular weight is 387 g/mol. The molecule has 29 heavy (non-hydrogen) atoms. The second kappa shape index (κ2) is 7.35. The standard InChI is InChI=1S/C22H21N5O2/c1-13-12-18(22(28)25-19-6-5-11-23-14(19)2)20-15(3)26-27(21(20)24-13)16-7-9-17(29-4)10-8-16/h5-12H,1-4H3,(H,25,28). The van der Waals surface area contributed by atoms with Crippen LogP contribution in [0.5, 0.6) is 5.75 Å². The number of hydrogen-bond acceptors (Lipinski definition) is 5. The number of rotatable bonds is 4. The maximum absolute atomic E-state index is 13.1. The predicted molar refractivity (Wildman–Crippen MR) is 112 cm³/mol. The molecule has 0 atom stereocenters.